The summed E-state index contributed by atoms with van der Waals surface area (Å²) in [6, 6.07) is 14.6. The fourth-order valence-electron chi connectivity index (χ4n) is 3.08. The number of benzene rings is 2. The second-order valence-electron chi connectivity index (χ2n) is 6.85. The summed E-state index contributed by atoms with van der Waals surface area (Å²) in [6.45, 7) is 4.56. The molecular formula is C22H27N3O3. The van der Waals surface area contributed by atoms with Crippen molar-refractivity contribution in [3.8, 4) is 5.75 Å². The van der Waals surface area contributed by atoms with Gasteiger partial charge in [-0.05, 0) is 67.8 Å². The molecule has 0 saturated carbocycles. The van der Waals surface area contributed by atoms with Crippen LogP contribution in [0.2, 0.25) is 0 Å². The standard InChI is InChI=1S/C22H27N3O3/c1-2-15-28-20-11-9-19(10-12-20)24-21(26)16-23-18-7-5-17(6-8-18)22(27)25-13-3-4-14-25/h5-12,23H,2-4,13-16H2,1H3,(H,24,26). The lowest BCUT2D eigenvalue weighted by atomic mass is 10.2. The maximum absolute atomic E-state index is 12.3. The quantitative estimate of drug-likeness (QED) is 0.730. The van der Waals surface area contributed by atoms with E-state index >= 15 is 0 Å². The first kappa shape index (κ1) is 19.7. The van der Waals surface area contributed by atoms with Crippen LogP contribution in [0.15, 0.2) is 48.5 Å². The minimum atomic E-state index is -0.139. The Bertz CT molecular complexity index is 782. The molecule has 2 aromatic rings. The van der Waals surface area contributed by atoms with E-state index < -0.39 is 0 Å². The molecule has 1 fully saturated rings. The summed E-state index contributed by atoms with van der Waals surface area (Å²) in [5.41, 5.74) is 2.21. The summed E-state index contributed by atoms with van der Waals surface area (Å²) < 4.78 is 5.53. The Balaban J connectivity index is 1.45. The van der Waals surface area contributed by atoms with Crippen LogP contribution in [0.25, 0.3) is 0 Å². The van der Waals surface area contributed by atoms with E-state index in [9.17, 15) is 9.59 Å². The number of carbonyl (C=O) groups excluding carboxylic acids is 2. The number of carbonyl (C=O) groups is 2. The van der Waals surface area contributed by atoms with Crippen LogP contribution < -0.4 is 15.4 Å². The highest BCUT2D eigenvalue weighted by atomic mass is 16.5. The zero-order chi connectivity index (χ0) is 19.8. The molecule has 0 atom stereocenters. The maximum atomic E-state index is 12.3. The van der Waals surface area contributed by atoms with E-state index in [1.165, 1.54) is 0 Å². The van der Waals surface area contributed by atoms with Crippen molar-refractivity contribution in [2.75, 3.05) is 36.9 Å². The van der Waals surface area contributed by atoms with Crippen molar-refractivity contribution in [1.82, 2.24) is 4.90 Å². The minimum absolute atomic E-state index is 0.0770. The summed E-state index contributed by atoms with van der Waals surface area (Å²) >= 11 is 0. The van der Waals surface area contributed by atoms with Crippen LogP contribution in [0, 0.1) is 0 Å². The van der Waals surface area contributed by atoms with Gasteiger partial charge >= 0.3 is 0 Å². The second-order valence-corrected chi connectivity index (χ2v) is 6.85. The molecule has 1 saturated heterocycles. The van der Waals surface area contributed by atoms with Gasteiger partial charge in [0.2, 0.25) is 5.91 Å². The van der Waals surface area contributed by atoms with Crippen molar-refractivity contribution in [2.24, 2.45) is 0 Å². The summed E-state index contributed by atoms with van der Waals surface area (Å²) in [7, 11) is 0. The Morgan fingerprint density at radius 1 is 0.964 bits per heavy atom. The van der Waals surface area contributed by atoms with Crippen LogP contribution in [-0.4, -0.2) is 43.0 Å². The highest BCUT2D eigenvalue weighted by Crippen LogP contribution is 2.17. The molecule has 2 N–H and O–H groups in total. The van der Waals surface area contributed by atoms with E-state index in [0.29, 0.717) is 12.2 Å². The van der Waals surface area contributed by atoms with Gasteiger partial charge in [-0.15, -0.1) is 0 Å². The van der Waals surface area contributed by atoms with Crippen molar-refractivity contribution in [3.05, 3.63) is 54.1 Å². The normalized spacial score (nSPS) is 13.2. The highest BCUT2D eigenvalue weighted by Gasteiger charge is 2.19. The molecule has 0 aliphatic carbocycles. The summed E-state index contributed by atoms with van der Waals surface area (Å²) in [6.07, 6.45) is 3.11. The number of nitrogens with one attached hydrogen (secondary N) is 2. The monoisotopic (exact) mass is 381 g/mol. The zero-order valence-electron chi connectivity index (χ0n) is 16.2. The smallest absolute Gasteiger partial charge is 0.253 e. The highest BCUT2D eigenvalue weighted by molar-refractivity contribution is 5.95. The van der Waals surface area contributed by atoms with E-state index in [2.05, 4.69) is 17.6 Å². The van der Waals surface area contributed by atoms with Gasteiger partial charge < -0.3 is 20.3 Å². The molecule has 2 amide bonds. The lowest BCUT2D eigenvalue weighted by Gasteiger charge is -2.15. The number of amides is 2. The molecule has 1 heterocycles. The van der Waals surface area contributed by atoms with Crippen LogP contribution in [-0.2, 0) is 4.79 Å². The number of hydrogen-bond acceptors (Lipinski definition) is 4. The van der Waals surface area contributed by atoms with Crippen molar-refractivity contribution < 1.29 is 14.3 Å². The first-order valence-electron chi connectivity index (χ1n) is 9.81. The second kappa shape index (κ2) is 9.78. The molecule has 3 rings (SSSR count). The topological polar surface area (TPSA) is 70.7 Å². The minimum Gasteiger partial charge on any atom is -0.494 e. The SMILES string of the molecule is CCCOc1ccc(NC(=O)CNc2ccc(C(=O)N3CCCC3)cc2)cc1. The van der Waals surface area contributed by atoms with Crippen molar-refractivity contribution in [2.45, 2.75) is 26.2 Å². The average Bonchev–Trinajstić information content (AvgIpc) is 3.26. The van der Waals surface area contributed by atoms with Gasteiger partial charge in [-0.2, -0.15) is 0 Å². The van der Waals surface area contributed by atoms with Crippen LogP contribution in [0.1, 0.15) is 36.5 Å². The Morgan fingerprint density at radius 3 is 2.25 bits per heavy atom. The molecule has 1 aliphatic heterocycles. The molecule has 0 spiro atoms. The van der Waals surface area contributed by atoms with E-state index in [4.69, 9.17) is 4.74 Å². The number of likely N-dealkylation sites (tertiary alicyclic amines) is 1. The Hall–Kier alpha value is -3.02. The number of hydrogen-bond donors (Lipinski definition) is 2. The third kappa shape index (κ3) is 5.49. The third-order valence-electron chi connectivity index (χ3n) is 4.59. The van der Waals surface area contributed by atoms with Gasteiger partial charge in [0.1, 0.15) is 5.75 Å². The Labute approximate surface area is 165 Å². The van der Waals surface area contributed by atoms with Crippen molar-refractivity contribution in [3.63, 3.8) is 0 Å². The molecular weight excluding hydrogens is 354 g/mol. The van der Waals surface area contributed by atoms with Gasteiger partial charge in [0, 0.05) is 30.0 Å². The van der Waals surface area contributed by atoms with Crippen LogP contribution >= 0.6 is 0 Å². The Morgan fingerprint density at radius 2 is 1.61 bits per heavy atom. The van der Waals surface area contributed by atoms with E-state index in [0.717, 1.165) is 49.5 Å². The predicted octanol–water partition coefficient (Wildman–Crippen LogP) is 3.76. The number of ether oxygens (including phenoxy) is 1. The fraction of sp³-hybridized carbons (Fsp3) is 0.364. The lowest BCUT2D eigenvalue weighted by Crippen LogP contribution is -2.27. The van der Waals surface area contributed by atoms with Gasteiger partial charge in [-0.1, -0.05) is 6.92 Å². The van der Waals surface area contributed by atoms with E-state index in [1.807, 2.05) is 41.3 Å². The molecule has 0 bridgehead atoms. The van der Waals surface area contributed by atoms with Gasteiger partial charge in [0.05, 0.1) is 13.2 Å². The molecule has 6 heteroatoms. The Kier molecular flexibility index (Phi) is 6.89. The molecule has 0 unspecified atom stereocenters. The zero-order valence-corrected chi connectivity index (χ0v) is 16.2. The predicted molar refractivity (Wildman–Crippen MR) is 111 cm³/mol. The lowest BCUT2D eigenvalue weighted by molar-refractivity contribution is -0.114. The van der Waals surface area contributed by atoms with Gasteiger partial charge in [-0.3, -0.25) is 9.59 Å². The summed E-state index contributed by atoms with van der Waals surface area (Å²) in [5.74, 6) is 0.731. The van der Waals surface area contributed by atoms with Crippen LogP contribution in [0.5, 0.6) is 5.75 Å². The molecule has 2 aromatic carbocycles. The average molecular weight is 381 g/mol. The van der Waals surface area contributed by atoms with Crippen molar-refractivity contribution in [1.29, 1.82) is 0 Å². The maximum Gasteiger partial charge on any atom is 0.253 e. The van der Waals surface area contributed by atoms with Crippen LogP contribution in [0.3, 0.4) is 0 Å². The molecule has 6 nitrogen and oxygen atoms in total. The number of nitrogens with zero attached hydrogens (tertiary/aromatic N) is 1. The van der Waals surface area contributed by atoms with E-state index in [1.54, 1.807) is 12.1 Å². The van der Waals surface area contributed by atoms with Gasteiger partial charge in [0.25, 0.3) is 5.91 Å². The number of anilines is 2. The summed E-state index contributed by atoms with van der Waals surface area (Å²) in [4.78, 5) is 26.4. The molecule has 28 heavy (non-hydrogen) atoms. The molecule has 0 radical (unpaired) electrons. The van der Waals surface area contributed by atoms with E-state index in [-0.39, 0.29) is 18.4 Å². The first-order valence-corrected chi connectivity index (χ1v) is 9.81. The number of rotatable bonds is 8. The van der Waals surface area contributed by atoms with Crippen LogP contribution in [0.4, 0.5) is 11.4 Å². The third-order valence-corrected chi connectivity index (χ3v) is 4.59. The first-order chi connectivity index (χ1) is 13.7. The van der Waals surface area contributed by atoms with Crippen molar-refractivity contribution >= 4 is 23.2 Å². The van der Waals surface area contributed by atoms with Gasteiger partial charge in [-0.25, -0.2) is 0 Å². The molecule has 148 valence electrons. The fourth-order valence-corrected chi connectivity index (χ4v) is 3.08. The molecule has 0 aromatic heterocycles. The molecule has 1 aliphatic rings. The van der Waals surface area contributed by atoms with Gasteiger partial charge in [0.15, 0.2) is 0 Å². The summed E-state index contributed by atoms with van der Waals surface area (Å²) in [5, 5.41) is 5.92. The largest absolute Gasteiger partial charge is 0.494 e.